The second-order valence-corrected chi connectivity index (χ2v) is 7.08. The molecule has 2 aliphatic rings. The van der Waals surface area contributed by atoms with Crippen LogP contribution in [-0.4, -0.2) is 41.8 Å². The monoisotopic (exact) mass is 376 g/mol. The Hall–Kier alpha value is -2.23. The maximum atomic E-state index is 12.5. The minimum Gasteiger partial charge on any atom is -0.479 e. The van der Waals surface area contributed by atoms with E-state index < -0.39 is 17.4 Å². The van der Waals surface area contributed by atoms with Crippen molar-refractivity contribution in [1.29, 1.82) is 0 Å². The van der Waals surface area contributed by atoms with E-state index in [1.807, 2.05) is 5.92 Å². The van der Waals surface area contributed by atoms with E-state index in [-0.39, 0.29) is 26.1 Å². The molecule has 6 nitrogen and oxygen atoms in total. The normalized spacial score (nSPS) is 19.1. The molecule has 0 spiro atoms. The number of halogens is 1. The molecule has 0 aromatic heterocycles. The summed E-state index contributed by atoms with van der Waals surface area (Å²) in [4.78, 5) is 25.7. The zero-order valence-electron chi connectivity index (χ0n) is 14.3. The molecule has 0 atom stereocenters. The number of benzene rings is 1. The number of hydrogen-bond donors (Lipinski definition) is 2. The molecule has 1 amide bonds. The van der Waals surface area contributed by atoms with Crippen molar-refractivity contribution in [2.24, 2.45) is 0 Å². The molecule has 1 saturated carbocycles. The van der Waals surface area contributed by atoms with Crippen LogP contribution in [0.2, 0.25) is 5.02 Å². The molecule has 1 heterocycles. The maximum Gasteiger partial charge on any atom is 0.330 e. The third-order valence-corrected chi connectivity index (χ3v) is 5.46. The van der Waals surface area contributed by atoms with Gasteiger partial charge in [0, 0.05) is 37.8 Å². The fourth-order valence-corrected chi connectivity index (χ4v) is 3.63. The van der Waals surface area contributed by atoms with Crippen molar-refractivity contribution in [1.82, 2.24) is 0 Å². The first-order valence-electron chi connectivity index (χ1n) is 8.66. The van der Waals surface area contributed by atoms with Crippen LogP contribution in [0.5, 0.6) is 0 Å². The molecule has 26 heavy (non-hydrogen) atoms. The van der Waals surface area contributed by atoms with E-state index in [9.17, 15) is 14.7 Å². The van der Waals surface area contributed by atoms with Crippen LogP contribution in [0, 0.1) is 12.3 Å². The van der Waals surface area contributed by atoms with Gasteiger partial charge in [0.2, 0.25) is 0 Å². The van der Waals surface area contributed by atoms with Crippen LogP contribution in [0.25, 0.3) is 0 Å². The number of amides is 1. The molecule has 1 aliphatic carbocycles. The summed E-state index contributed by atoms with van der Waals surface area (Å²) in [6.45, 7) is 0.491. The second-order valence-electron chi connectivity index (χ2n) is 6.67. The van der Waals surface area contributed by atoms with Gasteiger partial charge in [-0.1, -0.05) is 11.6 Å². The molecule has 7 heteroatoms. The Morgan fingerprint density at radius 1 is 1.35 bits per heavy atom. The van der Waals surface area contributed by atoms with Crippen molar-refractivity contribution >= 4 is 34.9 Å². The fraction of sp³-hybridized carbons (Fsp3) is 0.474. The number of ether oxygens (including phenoxy) is 1. The summed E-state index contributed by atoms with van der Waals surface area (Å²) in [6.07, 6.45) is 9.04. The van der Waals surface area contributed by atoms with Gasteiger partial charge in [-0.2, -0.15) is 0 Å². The van der Waals surface area contributed by atoms with Gasteiger partial charge in [0.15, 0.2) is 5.54 Å². The third-order valence-electron chi connectivity index (χ3n) is 5.15. The lowest BCUT2D eigenvalue weighted by molar-refractivity contribution is -0.148. The Labute approximate surface area is 157 Å². The maximum absolute atomic E-state index is 12.5. The van der Waals surface area contributed by atoms with Gasteiger partial charge < -0.3 is 15.2 Å². The number of terminal acetylenes is 1. The lowest BCUT2D eigenvalue weighted by atomic mass is 9.87. The molecule has 138 valence electrons. The van der Waals surface area contributed by atoms with Crippen LogP contribution >= 0.6 is 11.6 Å². The summed E-state index contributed by atoms with van der Waals surface area (Å²) < 4.78 is 5.29. The van der Waals surface area contributed by atoms with Gasteiger partial charge in [0.05, 0.1) is 10.7 Å². The summed E-state index contributed by atoms with van der Waals surface area (Å²) in [7, 11) is 0. The molecule has 2 fully saturated rings. The first-order valence-corrected chi connectivity index (χ1v) is 9.04. The highest BCUT2D eigenvalue weighted by molar-refractivity contribution is 6.33. The lowest BCUT2D eigenvalue weighted by Gasteiger charge is -2.42. The summed E-state index contributed by atoms with van der Waals surface area (Å²) in [5, 5.41) is 13.7. The summed E-state index contributed by atoms with van der Waals surface area (Å²) >= 11 is 6.39. The van der Waals surface area contributed by atoms with Crippen LogP contribution in [0.4, 0.5) is 11.4 Å². The largest absolute Gasteiger partial charge is 0.479 e. The van der Waals surface area contributed by atoms with Gasteiger partial charge in [-0.05, 0) is 43.4 Å². The third kappa shape index (κ3) is 3.37. The number of aliphatic carboxylic acids is 1. The minimum atomic E-state index is -1.44. The van der Waals surface area contributed by atoms with Crippen molar-refractivity contribution in [3.05, 3.63) is 23.2 Å². The van der Waals surface area contributed by atoms with Crippen molar-refractivity contribution in [3.8, 4) is 12.3 Å². The number of carbonyl (C=O) groups is 2. The predicted molar refractivity (Wildman–Crippen MR) is 99.5 cm³/mol. The number of nitrogens with zero attached hydrogens (tertiary/aromatic N) is 1. The van der Waals surface area contributed by atoms with Crippen LogP contribution in [0.1, 0.15) is 32.1 Å². The molecule has 1 aromatic carbocycles. The van der Waals surface area contributed by atoms with E-state index >= 15 is 0 Å². The van der Waals surface area contributed by atoms with Gasteiger partial charge in [-0.3, -0.25) is 9.69 Å². The quantitative estimate of drug-likeness (QED) is 0.772. The Morgan fingerprint density at radius 3 is 2.54 bits per heavy atom. The van der Waals surface area contributed by atoms with E-state index in [2.05, 4.69) is 5.32 Å². The highest BCUT2D eigenvalue weighted by Crippen LogP contribution is 2.37. The molecule has 0 unspecified atom stereocenters. The number of carbonyl (C=O) groups excluding carboxylic acids is 1. The highest BCUT2D eigenvalue weighted by atomic mass is 35.5. The van der Waals surface area contributed by atoms with Gasteiger partial charge in [-0.25, -0.2) is 4.79 Å². The van der Waals surface area contributed by atoms with Gasteiger partial charge >= 0.3 is 11.9 Å². The summed E-state index contributed by atoms with van der Waals surface area (Å²) in [5.74, 6) is 0.246. The first kappa shape index (κ1) is 18.6. The molecule has 1 aromatic rings. The number of carboxylic acids is 1. The van der Waals surface area contributed by atoms with Crippen molar-refractivity contribution in [3.63, 3.8) is 0 Å². The van der Waals surface area contributed by atoms with E-state index in [1.165, 1.54) is 11.3 Å². The Bertz CT molecular complexity index is 748. The van der Waals surface area contributed by atoms with Crippen molar-refractivity contribution in [2.75, 3.05) is 23.4 Å². The SMILES string of the molecule is C#CC(=O)N(c1ccc(NC2CCC2)c(Cl)c1)C1(C(=O)O)CCOCC1. The average molecular weight is 377 g/mol. The molecular formula is C19H21ClN2O4. The van der Waals surface area contributed by atoms with Crippen molar-refractivity contribution in [2.45, 2.75) is 43.7 Å². The topological polar surface area (TPSA) is 78.9 Å². The molecule has 3 rings (SSSR count). The Balaban J connectivity index is 1.97. The van der Waals surface area contributed by atoms with Crippen molar-refractivity contribution < 1.29 is 19.4 Å². The Morgan fingerprint density at radius 2 is 2.04 bits per heavy atom. The number of carboxylic acid groups (broad SMARTS) is 1. The van der Waals surface area contributed by atoms with Crippen LogP contribution in [-0.2, 0) is 14.3 Å². The standard InChI is InChI=1S/C19H21ClN2O4/c1-2-17(23)22(19(18(24)25)8-10-26-11-9-19)14-6-7-16(15(20)12-14)21-13-4-3-5-13/h1,6-7,12-13,21H,3-5,8-11H2,(H,24,25). The highest BCUT2D eigenvalue weighted by Gasteiger charge is 2.48. The average Bonchev–Trinajstić information content (AvgIpc) is 2.60. The van der Waals surface area contributed by atoms with E-state index in [4.69, 9.17) is 22.8 Å². The Kier molecular flexibility index (Phi) is 5.40. The van der Waals surface area contributed by atoms with Crippen LogP contribution < -0.4 is 10.2 Å². The zero-order chi connectivity index (χ0) is 18.7. The molecule has 0 bridgehead atoms. The predicted octanol–water partition coefficient (Wildman–Crippen LogP) is 2.90. The molecule has 0 radical (unpaired) electrons. The molecule has 1 aliphatic heterocycles. The number of rotatable bonds is 5. The second kappa shape index (κ2) is 7.56. The van der Waals surface area contributed by atoms with Gasteiger partial charge in [0.1, 0.15) is 0 Å². The molecular weight excluding hydrogens is 356 g/mol. The molecule has 1 saturated heterocycles. The number of nitrogens with one attached hydrogen (secondary N) is 1. The van der Waals surface area contributed by atoms with Gasteiger partial charge in [0.25, 0.3) is 0 Å². The van der Waals surface area contributed by atoms with Crippen LogP contribution in [0.3, 0.4) is 0 Å². The van der Waals surface area contributed by atoms with E-state index in [0.717, 1.165) is 18.5 Å². The summed E-state index contributed by atoms with van der Waals surface area (Å²) in [6, 6.07) is 5.45. The van der Waals surface area contributed by atoms with E-state index in [1.54, 1.807) is 18.2 Å². The van der Waals surface area contributed by atoms with E-state index in [0.29, 0.717) is 16.8 Å². The number of anilines is 2. The molecule has 2 N–H and O–H groups in total. The summed E-state index contributed by atoms with van der Waals surface area (Å²) in [5.41, 5.74) is -0.292. The van der Waals surface area contributed by atoms with Gasteiger partial charge in [-0.15, -0.1) is 6.42 Å². The fourth-order valence-electron chi connectivity index (χ4n) is 3.40. The smallest absolute Gasteiger partial charge is 0.330 e. The minimum absolute atomic E-state index is 0.162. The number of hydrogen-bond acceptors (Lipinski definition) is 4. The lowest BCUT2D eigenvalue weighted by Crippen LogP contribution is -2.60. The first-order chi connectivity index (χ1) is 12.5. The van der Waals surface area contributed by atoms with Crippen LogP contribution in [0.15, 0.2) is 18.2 Å². The zero-order valence-corrected chi connectivity index (χ0v) is 15.1.